The molecule has 6 nitrogen and oxygen atoms in total. The molecule has 0 spiro atoms. The summed E-state index contributed by atoms with van der Waals surface area (Å²) >= 11 is 0. The molecule has 19 heavy (non-hydrogen) atoms. The average Bonchev–Trinajstić information content (AvgIpc) is 2.61. The van der Waals surface area contributed by atoms with Crippen LogP contribution in [0.5, 0.6) is 0 Å². The molecule has 0 aromatic carbocycles. The Bertz CT molecular complexity index is 495. The summed E-state index contributed by atoms with van der Waals surface area (Å²) in [5.41, 5.74) is -0.168. The van der Waals surface area contributed by atoms with Gasteiger partial charge in [-0.2, -0.15) is 0 Å². The second-order valence-corrected chi connectivity index (χ2v) is 5.71. The number of nitrogens with zero attached hydrogens (tertiary/aromatic N) is 2. The monoisotopic (exact) mass is 266 g/mol. The highest BCUT2D eigenvalue weighted by atomic mass is 16.6. The maximum Gasteiger partial charge on any atom is 0.410 e. The summed E-state index contributed by atoms with van der Waals surface area (Å²) in [6, 6.07) is 0. The molecule has 1 saturated heterocycles. The van der Waals surface area contributed by atoms with Crippen molar-refractivity contribution in [2.75, 3.05) is 13.1 Å². The average molecular weight is 266 g/mol. The number of ketones is 1. The first kappa shape index (κ1) is 13.6. The van der Waals surface area contributed by atoms with Gasteiger partial charge in [0.15, 0.2) is 5.78 Å². The standard InChI is InChI=1S/C13H18N2O4/c1-8(16)10-7-18-11(14-10)9-5-15(6-9)12(17)19-13(2,3)4/h7,9H,5-6H2,1-4H3. The van der Waals surface area contributed by atoms with Gasteiger partial charge in [0, 0.05) is 20.0 Å². The minimum absolute atomic E-state index is 0.0422. The van der Waals surface area contributed by atoms with Crippen LogP contribution >= 0.6 is 0 Å². The molecule has 0 bridgehead atoms. The number of likely N-dealkylation sites (tertiary alicyclic amines) is 1. The predicted molar refractivity (Wildman–Crippen MR) is 67.1 cm³/mol. The molecule has 1 aliphatic rings. The lowest BCUT2D eigenvalue weighted by Gasteiger charge is -2.38. The van der Waals surface area contributed by atoms with Gasteiger partial charge in [0.05, 0.1) is 5.92 Å². The van der Waals surface area contributed by atoms with E-state index in [1.165, 1.54) is 13.2 Å². The summed E-state index contributed by atoms with van der Waals surface area (Å²) in [6.45, 7) is 7.94. The molecule has 0 atom stereocenters. The predicted octanol–water partition coefficient (Wildman–Crippen LogP) is 2.21. The van der Waals surface area contributed by atoms with E-state index in [1.807, 2.05) is 20.8 Å². The number of carbonyl (C=O) groups excluding carboxylic acids is 2. The lowest BCUT2D eigenvalue weighted by Crippen LogP contribution is -2.50. The maximum atomic E-state index is 11.7. The van der Waals surface area contributed by atoms with Crippen LogP contribution in [0.4, 0.5) is 4.79 Å². The largest absolute Gasteiger partial charge is 0.448 e. The summed E-state index contributed by atoms with van der Waals surface area (Å²) in [6.07, 6.45) is 1.02. The smallest absolute Gasteiger partial charge is 0.410 e. The fourth-order valence-corrected chi connectivity index (χ4v) is 1.75. The van der Waals surface area contributed by atoms with Crippen molar-refractivity contribution in [2.24, 2.45) is 0 Å². The van der Waals surface area contributed by atoms with E-state index in [0.717, 1.165) is 0 Å². The first-order valence-electron chi connectivity index (χ1n) is 6.20. The molecule has 1 amide bonds. The quantitative estimate of drug-likeness (QED) is 0.767. The molecule has 0 saturated carbocycles. The van der Waals surface area contributed by atoms with Gasteiger partial charge in [0.25, 0.3) is 0 Å². The highest BCUT2D eigenvalue weighted by Crippen LogP contribution is 2.27. The van der Waals surface area contributed by atoms with E-state index < -0.39 is 5.60 Å². The zero-order chi connectivity index (χ0) is 14.2. The molecule has 2 heterocycles. The van der Waals surface area contributed by atoms with Crippen molar-refractivity contribution < 1.29 is 18.7 Å². The minimum Gasteiger partial charge on any atom is -0.448 e. The summed E-state index contributed by atoms with van der Waals surface area (Å²) in [5.74, 6) is 0.420. The lowest BCUT2D eigenvalue weighted by atomic mass is 10.0. The fourth-order valence-electron chi connectivity index (χ4n) is 1.75. The van der Waals surface area contributed by atoms with E-state index in [1.54, 1.807) is 4.90 Å². The number of carbonyl (C=O) groups is 2. The van der Waals surface area contributed by atoms with E-state index in [9.17, 15) is 9.59 Å². The number of rotatable bonds is 2. The van der Waals surface area contributed by atoms with Crippen LogP contribution in [0.1, 0.15) is 50.0 Å². The van der Waals surface area contributed by atoms with Gasteiger partial charge in [-0.1, -0.05) is 0 Å². The van der Waals surface area contributed by atoms with Crippen LogP contribution in [0.3, 0.4) is 0 Å². The maximum absolute atomic E-state index is 11.7. The van der Waals surface area contributed by atoms with Crippen molar-refractivity contribution in [3.63, 3.8) is 0 Å². The van der Waals surface area contributed by atoms with Crippen molar-refractivity contribution in [1.82, 2.24) is 9.88 Å². The van der Waals surface area contributed by atoms with Gasteiger partial charge < -0.3 is 14.1 Å². The third-order valence-electron chi connectivity index (χ3n) is 2.77. The molecule has 0 aliphatic carbocycles. The fraction of sp³-hybridized carbons (Fsp3) is 0.615. The molecule has 0 radical (unpaired) electrons. The van der Waals surface area contributed by atoms with Crippen molar-refractivity contribution in [3.05, 3.63) is 17.8 Å². The van der Waals surface area contributed by atoms with Gasteiger partial charge in [-0.05, 0) is 20.8 Å². The Labute approximate surface area is 111 Å². The molecule has 0 N–H and O–H groups in total. The Hall–Kier alpha value is -1.85. The highest BCUT2D eigenvalue weighted by Gasteiger charge is 2.37. The van der Waals surface area contributed by atoms with E-state index >= 15 is 0 Å². The molecule has 6 heteroatoms. The second-order valence-electron chi connectivity index (χ2n) is 5.71. The normalized spacial score (nSPS) is 16.1. The summed E-state index contributed by atoms with van der Waals surface area (Å²) in [4.78, 5) is 28.5. The lowest BCUT2D eigenvalue weighted by molar-refractivity contribution is 0.00605. The Morgan fingerprint density at radius 3 is 2.53 bits per heavy atom. The van der Waals surface area contributed by atoms with Crippen molar-refractivity contribution in [3.8, 4) is 0 Å². The number of hydrogen-bond acceptors (Lipinski definition) is 5. The SMILES string of the molecule is CC(=O)c1coc(C2CN(C(=O)OC(C)(C)C)C2)n1. The highest BCUT2D eigenvalue weighted by molar-refractivity contribution is 5.91. The molecule has 1 aliphatic heterocycles. The molecular formula is C13H18N2O4. The molecule has 1 fully saturated rings. The van der Waals surface area contributed by atoms with Crippen LogP contribution in [0, 0.1) is 0 Å². The van der Waals surface area contributed by atoms with Crippen molar-refractivity contribution in [1.29, 1.82) is 0 Å². The van der Waals surface area contributed by atoms with Crippen molar-refractivity contribution >= 4 is 11.9 Å². The summed E-state index contributed by atoms with van der Waals surface area (Å²) in [7, 11) is 0. The number of oxazole rings is 1. The third-order valence-corrected chi connectivity index (χ3v) is 2.77. The Morgan fingerprint density at radius 1 is 1.42 bits per heavy atom. The topological polar surface area (TPSA) is 72.6 Å². The van der Waals surface area contributed by atoms with Crippen LogP contribution < -0.4 is 0 Å². The van der Waals surface area contributed by atoms with Gasteiger partial charge in [-0.15, -0.1) is 0 Å². The van der Waals surface area contributed by atoms with Crippen LogP contribution in [0.25, 0.3) is 0 Å². The Kier molecular flexibility index (Phi) is 3.34. The van der Waals surface area contributed by atoms with Crippen LogP contribution in [0.15, 0.2) is 10.7 Å². The molecule has 0 unspecified atom stereocenters. The summed E-state index contributed by atoms with van der Waals surface area (Å²) < 4.78 is 10.5. The van der Waals surface area contributed by atoms with E-state index in [2.05, 4.69) is 4.98 Å². The molecule has 104 valence electrons. The van der Waals surface area contributed by atoms with E-state index in [4.69, 9.17) is 9.15 Å². The first-order valence-corrected chi connectivity index (χ1v) is 6.20. The number of hydrogen-bond donors (Lipinski definition) is 0. The van der Waals surface area contributed by atoms with Gasteiger partial charge in [-0.25, -0.2) is 9.78 Å². The number of Topliss-reactive ketones (excluding diaryl/α,β-unsaturated/α-hetero) is 1. The number of ether oxygens (including phenoxy) is 1. The van der Waals surface area contributed by atoms with Crippen LogP contribution in [-0.4, -0.2) is 40.5 Å². The zero-order valence-corrected chi connectivity index (χ0v) is 11.6. The van der Waals surface area contributed by atoms with Gasteiger partial charge in [0.1, 0.15) is 17.6 Å². The van der Waals surface area contributed by atoms with E-state index in [-0.39, 0.29) is 17.8 Å². The first-order chi connectivity index (χ1) is 8.76. The Balaban J connectivity index is 1.89. The van der Waals surface area contributed by atoms with Gasteiger partial charge in [0.2, 0.25) is 5.89 Å². The van der Waals surface area contributed by atoms with Crippen LogP contribution in [0.2, 0.25) is 0 Å². The van der Waals surface area contributed by atoms with Gasteiger partial charge >= 0.3 is 6.09 Å². The minimum atomic E-state index is -0.493. The Morgan fingerprint density at radius 2 is 2.05 bits per heavy atom. The van der Waals surface area contributed by atoms with Gasteiger partial charge in [-0.3, -0.25) is 4.79 Å². The summed E-state index contributed by atoms with van der Waals surface area (Å²) in [5, 5.41) is 0. The molecule has 1 aromatic heterocycles. The molecule has 1 aromatic rings. The molecular weight excluding hydrogens is 248 g/mol. The zero-order valence-electron chi connectivity index (χ0n) is 11.6. The number of amides is 1. The van der Waals surface area contributed by atoms with E-state index in [0.29, 0.717) is 24.7 Å². The molecule has 2 rings (SSSR count). The number of aromatic nitrogens is 1. The van der Waals surface area contributed by atoms with Crippen molar-refractivity contribution in [2.45, 2.75) is 39.2 Å². The second kappa shape index (κ2) is 4.68. The third kappa shape index (κ3) is 3.13. The van der Waals surface area contributed by atoms with Crippen LogP contribution in [-0.2, 0) is 4.74 Å².